The summed E-state index contributed by atoms with van der Waals surface area (Å²) >= 11 is 3.46. The lowest BCUT2D eigenvalue weighted by atomic mass is 9.92. The third-order valence-corrected chi connectivity index (χ3v) is 5.33. The van der Waals surface area contributed by atoms with E-state index >= 15 is 0 Å². The summed E-state index contributed by atoms with van der Waals surface area (Å²) in [6.07, 6.45) is 0. The number of rotatable bonds is 3. The molecule has 9 nitrogen and oxygen atoms in total. The van der Waals surface area contributed by atoms with Crippen LogP contribution < -0.4 is 15.6 Å². The maximum atomic E-state index is 12.6. The molecule has 3 heterocycles. The molecule has 0 amide bonds. The molecular weight excluding hydrogens is 438 g/mol. The molecule has 0 fully saturated rings. The van der Waals surface area contributed by atoms with Gasteiger partial charge in [-0.15, -0.1) is 0 Å². The standard InChI is InChI=1S/C19H14BrN7O2/c1-29-13-4-2-3-11(9-13)15-14-16(18(28)23-22-15)21-19-24-25-26-27(19)17(14)10-5-7-12(20)8-6-10/h2-9,17H,1H3,(H,23,28)(H,21,24,26). The van der Waals surface area contributed by atoms with Crippen LogP contribution in [0, 0.1) is 0 Å². The Labute approximate surface area is 172 Å². The second kappa shape index (κ2) is 6.82. The third-order valence-electron chi connectivity index (χ3n) is 4.80. The van der Waals surface area contributed by atoms with Crippen LogP contribution in [-0.4, -0.2) is 37.5 Å². The first-order valence-corrected chi connectivity index (χ1v) is 9.52. The number of H-pyrrole nitrogens is 1. The smallest absolute Gasteiger partial charge is 0.288 e. The molecule has 29 heavy (non-hydrogen) atoms. The number of anilines is 2. The van der Waals surface area contributed by atoms with Gasteiger partial charge in [-0.05, 0) is 40.3 Å². The van der Waals surface area contributed by atoms with E-state index < -0.39 is 6.04 Å². The highest BCUT2D eigenvalue weighted by Crippen LogP contribution is 2.41. The zero-order valence-electron chi connectivity index (χ0n) is 15.1. The molecular formula is C19H14BrN7O2. The van der Waals surface area contributed by atoms with Gasteiger partial charge in [0.2, 0.25) is 5.95 Å². The second-order valence-corrected chi connectivity index (χ2v) is 7.36. The Morgan fingerprint density at radius 3 is 2.79 bits per heavy atom. The number of methoxy groups -OCH3 is 1. The first kappa shape index (κ1) is 17.6. The maximum absolute atomic E-state index is 12.6. The summed E-state index contributed by atoms with van der Waals surface area (Å²) in [5.41, 5.74) is 3.04. The number of hydrogen-bond donors (Lipinski definition) is 2. The molecule has 144 valence electrons. The number of tetrazole rings is 1. The van der Waals surface area contributed by atoms with Gasteiger partial charge >= 0.3 is 0 Å². The number of aromatic nitrogens is 6. The minimum Gasteiger partial charge on any atom is -0.497 e. The first-order chi connectivity index (χ1) is 14.2. The second-order valence-electron chi connectivity index (χ2n) is 6.45. The number of nitrogens with zero attached hydrogens (tertiary/aromatic N) is 5. The molecule has 0 saturated carbocycles. The fraction of sp³-hybridized carbons (Fsp3) is 0.105. The highest BCUT2D eigenvalue weighted by atomic mass is 79.9. The summed E-state index contributed by atoms with van der Waals surface area (Å²) in [7, 11) is 1.61. The van der Waals surface area contributed by atoms with Crippen LogP contribution in [0.1, 0.15) is 17.2 Å². The highest BCUT2D eigenvalue weighted by Gasteiger charge is 2.34. The molecule has 2 aromatic carbocycles. The summed E-state index contributed by atoms with van der Waals surface area (Å²) in [6, 6.07) is 14.9. The van der Waals surface area contributed by atoms with Crippen molar-refractivity contribution >= 4 is 27.6 Å². The van der Waals surface area contributed by atoms with Crippen LogP contribution in [0.4, 0.5) is 11.6 Å². The van der Waals surface area contributed by atoms with Crippen LogP contribution in [0.5, 0.6) is 5.75 Å². The van der Waals surface area contributed by atoms with Crippen LogP contribution in [0.25, 0.3) is 11.3 Å². The van der Waals surface area contributed by atoms with E-state index in [2.05, 4.69) is 47.0 Å². The van der Waals surface area contributed by atoms with Crippen LogP contribution in [0.15, 0.2) is 57.8 Å². The summed E-state index contributed by atoms with van der Waals surface area (Å²) in [5, 5.41) is 21.9. The molecule has 2 aromatic heterocycles. The van der Waals surface area contributed by atoms with Gasteiger partial charge in [-0.25, -0.2) is 5.10 Å². The molecule has 0 spiro atoms. The van der Waals surface area contributed by atoms with E-state index in [1.807, 2.05) is 48.5 Å². The average molecular weight is 452 g/mol. The Morgan fingerprint density at radius 2 is 2.00 bits per heavy atom. The summed E-state index contributed by atoms with van der Waals surface area (Å²) in [5.74, 6) is 1.08. The van der Waals surface area contributed by atoms with Crippen LogP contribution in [0.3, 0.4) is 0 Å². The number of nitrogens with one attached hydrogen (secondary N) is 2. The first-order valence-electron chi connectivity index (χ1n) is 8.73. The van der Waals surface area contributed by atoms with Crippen molar-refractivity contribution in [3.8, 4) is 17.0 Å². The fourth-order valence-corrected chi connectivity index (χ4v) is 3.75. The number of ether oxygens (including phenoxy) is 1. The topological polar surface area (TPSA) is 111 Å². The molecule has 2 N–H and O–H groups in total. The summed E-state index contributed by atoms with van der Waals surface area (Å²) < 4.78 is 7.95. The van der Waals surface area contributed by atoms with Crippen molar-refractivity contribution in [1.29, 1.82) is 0 Å². The fourth-order valence-electron chi connectivity index (χ4n) is 3.48. The lowest BCUT2D eigenvalue weighted by molar-refractivity contribution is 0.415. The monoisotopic (exact) mass is 451 g/mol. The van der Waals surface area contributed by atoms with E-state index in [1.54, 1.807) is 11.8 Å². The minimum absolute atomic E-state index is 0.344. The molecule has 1 aliphatic heterocycles. The number of aromatic amines is 1. The van der Waals surface area contributed by atoms with E-state index in [1.165, 1.54) is 0 Å². The Bertz CT molecular complexity index is 1270. The molecule has 10 heteroatoms. The van der Waals surface area contributed by atoms with E-state index in [4.69, 9.17) is 4.74 Å². The van der Waals surface area contributed by atoms with Gasteiger partial charge < -0.3 is 10.1 Å². The largest absolute Gasteiger partial charge is 0.497 e. The predicted octanol–water partition coefficient (Wildman–Crippen LogP) is 2.89. The SMILES string of the molecule is COc1cccc(-c2n[nH]c(=O)c3c2C(c2ccc(Br)cc2)n2nnnc2N3)c1. The normalized spacial score (nSPS) is 14.6. The quantitative estimate of drug-likeness (QED) is 0.433. The van der Waals surface area contributed by atoms with Crippen molar-refractivity contribution in [2.45, 2.75) is 6.04 Å². The van der Waals surface area contributed by atoms with Crippen molar-refractivity contribution in [3.63, 3.8) is 0 Å². The molecule has 0 bridgehead atoms. The minimum atomic E-state index is -0.430. The van der Waals surface area contributed by atoms with Gasteiger partial charge in [0.25, 0.3) is 5.56 Å². The Hall–Kier alpha value is -3.53. The van der Waals surface area contributed by atoms with Crippen molar-refractivity contribution in [3.05, 3.63) is 74.5 Å². The van der Waals surface area contributed by atoms with E-state index in [9.17, 15) is 4.79 Å². The van der Waals surface area contributed by atoms with Gasteiger partial charge in [0, 0.05) is 15.6 Å². The van der Waals surface area contributed by atoms with Crippen molar-refractivity contribution in [2.75, 3.05) is 12.4 Å². The predicted molar refractivity (Wildman–Crippen MR) is 109 cm³/mol. The maximum Gasteiger partial charge on any atom is 0.288 e. The summed E-state index contributed by atoms with van der Waals surface area (Å²) in [4.78, 5) is 12.6. The number of hydrogen-bond acceptors (Lipinski definition) is 7. The van der Waals surface area contributed by atoms with E-state index in [0.717, 1.165) is 15.6 Å². The van der Waals surface area contributed by atoms with Gasteiger partial charge in [0.1, 0.15) is 17.5 Å². The Morgan fingerprint density at radius 1 is 1.17 bits per heavy atom. The molecule has 1 atom stereocenters. The van der Waals surface area contributed by atoms with Crippen molar-refractivity contribution in [1.82, 2.24) is 30.4 Å². The number of benzene rings is 2. The van der Waals surface area contributed by atoms with Gasteiger partial charge in [-0.3, -0.25) is 4.79 Å². The number of fused-ring (bicyclic) bond motifs is 2. The van der Waals surface area contributed by atoms with Crippen molar-refractivity contribution < 1.29 is 4.74 Å². The molecule has 0 radical (unpaired) electrons. The van der Waals surface area contributed by atoms with Gasteiger partial charge in [-0.2, -0.15) is 9.78 Å². The molecule has 4 aromatic rings. The molecule has 1 aliphatic rings. The van der Waals surface area contributed by atoms with Crippen LogP contribution in [-0.2, 0) is 0 Å². The molecule has 0 aliphatic carbocycles. The Balaban J connectivity index is 1.80. The third kappa shape index (κ3) is 2.88. The van der Waals surface area contributed by atoms with Gasteiger partial charge in [0.05, 0.1) is 12.8 Å². The van der Waals surface area contributed by atoms with E-state index in [0.29, 0.717) is 28.6 Å². The summed E-state index contributed by atoms with van der Waals surface area (Å²) in [6.45, 7) is 0. The zero-order chi connectivity index (χ0) is 20.0. The number of halogens is 1. The Kier molecular flexibility index (Phi) is 4.13. The van der Waals surface area contributed by atoms with Crippen molar-refractivity contribution in [2.24, 2.45) is 0 Å². The lowest BCUT2D eigenvalue weighted by Gasteiger charge is -2.27. The van der Waals surface area contributed by atoms with Gasteiger partial charge in [-0.1, -0.05) is 45.3 Å². The highest BCUT2D eigenvalue weighted by molar-refractivity contribution is 9.10. The zero-order valence-corrected chi connectivity index (χ0v) is 16.7. The van der Waals surface area contributed by atoms with E-state index in [-0.39, 0.29) is 5.56 Å². The lowest BCUT2D eigenvalue weighted by Crippen LogP contribution is -2.29. The van der Waals surface area contributed by atoms with Crippen LogP contribution in [0.2, 0.25) is 0 Å². The van der Waals surface area contributed by atoms with Gasteiger partial charge in [0.15, 0.2) is 0 Å². The van der Waals surface area contributed by atoms with Crippen LogP contribution >= 0.6 is 15.9 Å². The molecule has 5 rings (SSSR count). The molecule has 1 unspecified atom stereocenters. The average Bonchev–Trinajstić information content (AvgIpc) is 3.22. The molecule has 0 saturated heterocycles.